The molecule has 1 N–H and O–H groups in total. The summed E-state index contributed by atoms with van der Waals surface area (Å²) in [7, 11) is 0. The molecule has 0 aliphatic heterocycles. The minimum absolute atomic E-state index is 0.0573. The monoisotopic (exact) mass is 475 g/mol. The van der Waals surface area contributed by atoms with Crippen molar-refractivity contribution in [3.63, 3.8) is 0 Å². The minimum atomic E-state index is -4.61. The van der Waals surface area contributed by atoms with Gasteiger partial charge in [-0.1, -0.05) is 48.0 Å². The van der Waals surface area contributed by atoms with Crippen LogP contribution < -0.4 is 5.32 Å². The van der Waals surface area contributed by atoms with E-state index in [0.29, 0.717) is 17.2 Å². The Labute approximate surface area is 191 Å². The van der Waals surface area contributed by atoms with Gasteiger partial charge in [0.25, 0.3) is 5.91 Å². The molecule has 0 spiro atoms. The normalized spacial score (nSPS) is 12.7. The van der Waals surface area contributed by atoms with E-state index in [1.54, 1.807) is 6.92 Å². The number of hydrogen-bond acceptors (Lipinski definition) is 4. The van der Waals surface area contributed by atoms with Crippen LogP contribution in [0.5, 0.6) is 0 Å². The predicted octanol–water partition coefficient (Wildman–Crippen LogP) is 6.75. The number of carbonyl (C=O) groups excluding carboxylic acids is 2. The molecular formula is C24H17ClF3NO4. The Hall–Kier alpha value is -3.52. The molecule has 3 aromatic carbocycles. The number of alkyl halides is 3. The van der Waals surface area contributed by atoms with Gasteiger partial charge >= 0.3 is 12.1 Å². The first kappa shape index (κ1) is 22.7. The summed E-state index contributed by atoms with van der Waals surface area (Å²) in [4.78, 5) is 25.2. The highest BCUT2D eigenvalue weighted by molar-refractivity contribution is 6.33. The molecule has 1 amide bonds. The van der Waals surface area contributed by atoms with Crippen LogP contribution in [0, 0.1) is 6.92 Å². The van der Waals surface area contributed by atoms with Gasteiger partial charge in [-0.15, -0.1) is 0 Å². The predicted molar refractivity (Wildman–Crippen MR) is 118 cm³/mol. The highest BCUT2D eigenvalue weighted by Crippen LogP contribution is 2.34. The van der Waals surface area contributed by atoms with Crippen LogP contribution in [0.25, 0.3) is 21.7 Å². The molecule has 5 nitrogen and oxygen atoms in total. The molecule has 4 rings (SSSR count). The Morgan fingerprint density at radius 1 is 1.06 bits per heavy atom. The third-order valence-corrected chi connectivity index (χ3v) is 5.55. The van der Waals surface area contributed by atoms with E-state index >= 15 is 0 Å². The van der Waals surface area contributed by atoms with Crippen molar-refractivity contribution >= 4 is 50.9 Å². The second-order valence-corrected chi connectivity index (χ2v) is 7.86. The fourth-order valence-electron chi connectivity index (χ4n) is 3.44. The Kier molecular flexibility index (Phi) is 5.80. The maximum absolute atomic E-state index is 12.9. The van der Waals surface area contributed by atoms with Gasteiger partial charge in [0, 0.05) is 16.3 Å². The molecule has 0 aliphatic carbocycles. The minimum Gasteiger partial charge on any atom is -0.448 e. The number of amides is 1. The third kappa shape index (κ3) is 4.39. The highest BCUT2D eigenvalue weighted by atomic mass is 35.5. The smallest absolute Gasteiger partial charge is 0.416 e. The van der Waals surface area contributed by atoms with E-state index in [2.05, 4.69) is 5.32 Å². The molecule has 0 aliphatic rings. The zero-order valence-electron chi connectivity index (χ0n) is 17.4. The molecular weight excluding hydrogens is 459 g/mol. The zero-order chi connectivity index (χ0) is 23.9. The van der Waals surface area contributed by atoms with Gasteiger partial charge in [-0.2, -0.15) is 13.2 Å². The molecule has 0 saturated carbocycles. The molecule has 4 aromatic rings. The van der Waals surface area contributed by atoms with Crippen LogP contribution in [-0.4, -0.2) is 18.0 Å². The molecule has 33 heavy (non-hydrogen) atoms. The number of carbonyl (C=O) groups is 2. The van der Waals surface area contributed by atoms with E-state index in [4.69, 9.17) is 20.8 Å². The van der Waals surface area contributed by atoms with E-state index in [1.807, 2.05) is 36.4 Å². The lowest BCUT2D eigenvalue weighted by Gasteiger charge is -2.15. The second kappa shape index (κ2) is 8.44. The third-order valence-electron chi connectivity index (χ3n) is 5.22. The maximum atomic E-state index is 12.9. The first-order valence-electron chi connectivity index (χ1n) is 9.85. The van der Waals surface area contributed by atoms with Crippen LogP contribution in [-0.2, 0) is 15.7 Å². The Bertz CT molecular complexity index is 1390. The van der Waals surface area contributed by atoms with Crippen LogP contribution in [0.15, 0.2) is 59.0 Å². The van der Waals surface area contributed by atoms with E-state index in [-0.39, 0.29) is 16.5 Å². The van der Waals surface area contributed by atoms with Gasteiger partial charge in [-0.05, 0) is 37.4 Å². The van der Waals surface area contributed by atoms with Crippen LogP contribution in [0.2, 0.25) is 5.02 Å². The topological polar surface area (TPSA) is 68.5 Å². The lowest BCUT2D eigenvalue weighted by Crippen LogP contribution is -2.30. The Morgan fingerprint density at radius 3 is 2.52 bits per heavy atom. The van der Waals surface area contributed by atoms with Crippen LogP contribution in [0.3, 0.4) is 0 Å². The molecule has 0 radical (unpaired) electrons. The van der Waals surface area contributed by atoms with Crippen molar-refractivity contribution in [1.29, 1.82) is 0 Å². The van der Waals surface area contributed by atoms with Crippen LogP contribution in [0.1, 0.15) is 28.6 Å². The van der Waals surface area contributed by atoms with Crippen molar-refractivity contribution in [2.24, 2.45) is 0 Å². The van der Waals surface area contributed by atoms with Crippen molar-refractivity contribution in [2.75, 3.05) is 5.32 Å². The number of furan rings is 1. The van der Waals surface area contributed by atoms with Crippen molar-refractivity contribution in [3.8, 4) is 0 Å². The standard InChI is InChI=1S/C24H17ClF3NO4/c1-12-16-9-7-14-5-3-4-6-17(14)21(16)33-20(12)23(31)32-13(2)22(30)29-19-11-15(24(26,27)28)8-10-18(19)25/h3-11,13H,1-2H3,(H,29,30)/t13-/m0/s1. The summed E-state index contributed by atoms with van der Waals surface area (Å²) in [5, 5.41) is 4.66. The van der Waals surface area contributed by atoms with Crippen LogP contribution >= 0.6 is 11.6 Å². The van der Waals surface area contributed by atoms with Crippen molar-refractivity contribution < 1.29 is 31.9 Å². The number of aryl methyl sites for hydroxylation is 1. The average Bonchev–Trinajstić information content (AvgIpc) is 3.11. The van der Waals surface area contributed by atoms with Gasteiger partial charge in [-0.25, -0.2) is 4.79 Å². The first-order chi connectivity index (χ1) is 15.6. The van der Waals surface area contributed by atoms with Crippen LogP contribution in [0.4, 0.5) is 18.9 Å². The van der Waals surface area contributed by atoms with E-state index in [0.717, 1.165) is 28.3 Å². The van der Waals surface area contributed by atoms with Gasteiger partial charge in [0.1, 0.15) is 5.58 Å². The summed E-state index contributed by atoms with van der Waals surface area (Å²) in [6.45, 7) is 2.99. The number of esters is 1. The maximum Gasteiger partial charge on any atom is 0.416 e. The lowest BCUT2D eigenvalue weighted by atomic mass is 10.1. The lowest BCUT2D eigenvalue weighted by molar-refractivity contribution is -0.137. The molecule has 1 aromatic heterocycles. The number of benzene rings is 3. The van der Waals surface area contributed by atoms with Gasteiger partial charge in [0.2, 0.25) is 5.76 Å². The molecule has 170 valence electrons. The summed E-state index contributed by atoms with van der Waals surface area (Å²) in [5.41, 5.74) is -0.151. The molecule has 0 unspecified atom stereocenters. The fourth-order valence-corrected chi connectivity index (χ4v) is 3.61. The van der Waals surface area contributed by atoms with E-state index in [9.17, 15) is 22.8 Å². The molecule has 1 heterocycles. The quantitative estimate of drug-likeness (QED) is 0.331. The van der Waals surface area contributed by atoms with Gasteiger partial charge < -0.3 is 14.5 Å². The largest absolute Gasteiger partial charge is 0.448 e. The second-order valence-electron chi connectivity index (χ2n) is 7.45. The van der Waals surface area contributed by atoms with Crippen molar-refractivity contribution in [3.05, 3.63) is 76.5 Å². The number of rotatable bonds is 4. The highest BCUT2D eigenvalue weighted by Gasteiger charge is 2.31. The Balaban J connectivity index is 1.54. The van der Waals surface area contributed by atoms with E-state index in [1.165, 1.54) is 6.92 Å². The summed E-state index contributed by atoms with van der Waals surface area (Å²) >= 11 is 5.91. The average molecular weight is 476 g/mol. The molecule has 0 bridgehead atoms. The summed E-state index contributed by atoms with van der Waals surface area (Å²) in [6.07, 6.45) is -5.93. The van der Waals surface area contributed by atoms with Gasteiger partial charge in [-0.3, -0.25) is 4.79 Å². The number of nitrogens with one attached hydrogen (secondary N) is 1. The molecule has 0 fully saturated rings. The van der Waals surface area contributed by atoms with Gasteiger partial charge in [0.15, 0.2) is 6.10 Å². The van der Waals surface area contributed by atoms with Gasteiger partial charge in [0.05, 0.1) is 16.3 Å². The molecule has 9 heteroatoms. The number of hydrogen-bond donors (Lipinski definition) is 1. The van der Waals surface area contributed by atoms with E-state index < -0.39 is 29.7 Å². The SMILES string of the molecule is Cc1c(C(=O)O[C@@H](C)C(=O)Nc2cc(C(F)(F)F)ccc2Cl)oc2c1ccc1ccccc12. The van der Waals surface area contributed by atoms with Crippen molar-refractivity contribution in [1.82, 2.24) is 0 Å². The summed E-state index contributed by atoms with van der Waals surface area (Å²) < 4.78 is 49.8. The molecule has 1 atom stereocenters. The number of ether oxygens (including phenoxy) is 1. The fraction of sp³-hybridized carbons (Fsp3) is 0.167. The Morgan fingerprint density at radius 2 is 1.79 bits per heavy atom. The van der Waals surface area contributed by atoms with Crippen molar-refractivity contribution in [2.45, 2.75) is 26.1 Å². The summed E-state index contributed by atoms with van der Waals surface area (Å²) in [5.74, 6) is -1.77. The number of fused-ring (bicyclic) bond motifs is 3. The zero-order valence-corrected chi connectivity index (χ0v) is 18.2. The molecule has 0 saturated heterocycles. The number of halogens is 4. The first-order valence-corrected chi connectivity index (χ1v) is 10.2. The summed E-state index contributed by atoms with van der Waals surface area (Å²) in [6, 6.07) is 13.8. The number of anilines is 1.